The van der Waals surface area contributed by atoms with Crippen molar-refractivity contribution in [3.8, 4) is 0 Å². The molecule has 20 heavy (non-hydrogen) atoms. The lowest BCUT2D eigenvalue weighted by Gasteiger charge is -2.21. The summed E-state index contributed by atoms with van der Waals surface area (Å²) >= 11 is 0. The van der Waals surface area contributed by atoms with Gasteiger partial charge in [0.1, 0.15) is 0 Å². The molecule has 0 atom stereocenters. The second-order valence-corrected chi connectivity index (χ2v) is 5.81. The predicted molar refractivity (Wildman–Crippen MR) is 86.2 cm³/mol. The van der Waals surface area contributed by atoms with Crippen molar-refractivity contribution in [3.05, 3.63) is 0 Å². The third kappa shape index (κ3) is 13.9. The van der Waals surface area contributed by atoms with Crippen molar-refractivity contribution in [2.75, 3.05) is 19.6 Å². The fourth-order valence-corrected chi connectivity index (χ4v) is 2.47. The first-order valence-electron chi connectivity index (χ1n) is 8.64. The molecule has 0 unspecified atom stereocenters. The standard InChI is InChI=1S/C17H35NO2/c1-3-5-7-8-9-10-12-15-18(14-11-6-4-2)16-13-17(19)20/h3-16H2,1-2H3,(H,19,20). The normalized spacial score (nSPS) is 11.2. The number of rotatable bonds is 15. The highest BCUT2D eigenvalue weighted by Crippen LogP contribution is 2.08. The van der Waals surface area contributed by atoms with Crippen LogP contribution in [0.5, 0.6) is 0 Å². The molecule has 3 heteroatoms. The molecular weight excluding hydrogens is 250 g/mol. The van der Waals surface area contributed by atoms with Crippen LogP contribution < -0.4 is 0 Å². The molecule has 0 aromatic heterocycles. The fraction of sp³-hybridized carbons (Fsp3) is 0.941. The van der Waals surface area contributed by atoms with Gasteiger partial charge in [0.05, 0.1) is 6.42 Å². The van der Waals surface area contributed by atoms with Crippen LogP contribution in [-0.4, -0.2) is 35.6 Å². The van der Waals surface area contributed by atoms with E-state index in [4.69, 9.17) is 5.11 Å². The molecule has 0 saturated heterocycles. The summed E-state index contributed by atoms with van der Waals surface area (Å²) in [6.45, 7) is 7.31. The van der Waals surface area contributed by atoms with Crippen molar-refractivity contribution >= 4 is 5.97 Å². The average molecular weight is 285 g/mol. The second kappa shape index (κ2) is 14.8. The predicted octanol–water partition coefficient (Wildman–Crippen LogP) is 4.70. The minimum absolute atomic E-state index is 0.280. The van der Waals surface area contributed by atoms with E-state index in [9.17, 15) is 4.79 Å². The molecule has 0 bridgehead atoms. The molecule has 0 aliphatic carbocycles. The summed E-state index contributed by atoms with van der Waals surface area (Å²) in [4.78, 5) is 13.0. The van der Waals surface area contributed by atoms with Gasteiger partial charge in [0, 0.05) is 6.54 Å². The number of unbranched alkanes of at least 4 members (excludes halogenated alkanes) is 8. The Labute approximate surface area is 125 Å². The van der Waals surface area contributed by atoms with Gasteiger partial charge in [-0.2, -0.15) is 0 Å². The zero-order chi connectivity index (χ0) is 15.1. The van der Waals surface area contributed by atoms with Crippen LogP contribution in [0, 0.1) is 0 Å². The highest BCUT2D eigenvalue weighted by molar-refractivity contribution is 5.66. The largest absolute Gasteiger partial charge is 0.481 e. The van der Waals surface area contributed by atoms with Gasteiger partial charge in [0.15, 0.2) is 0 Å². The molecular formula is C17H35NO2. The summed E-state index contributed by atoms with van der Waals surface area (Å²) in [5, 5.41) is 8.80. The summed E-state index contributed by atoms with van der Waals surface area (Å²) in [7, 11) is 0. The zero-order valence-corrected chi connectivity index (χ0v) is 13.7. The summed E-state index contributed by atoms with van der Waals surface area (Å²) in [6.07, 6.45) is 13.2. The number of carbonyl (C=O) groups is 1. The topological polar surface area (TPSA) is 40.5 Å². The van der Waals surface area contributed by atoms with E-state index in [2.05, 4.69) is 18.7 Å². The molecule has 0 amide bonds. The summed E-state index contributed by atoms with van der Waals surface area (Å²) < 4.78 is 0. The molecule has 0 aliphatic heterocycles. The van der Waals surface area contributed by atoms with Crippen molar-refractivity contribution in [3.63, 3.8) is 0 Å². The Morgan fingerprint density at radius 3 is 1.75 bits per heavy atom. The van der Waals surface area contributed by atoms with Crippen LogP contribution in [0.1, 0.15) is 84.5 Å². The Kier molecular flexibility index (Phi) is 14.4. The van der Waals surface area contributed by atoms with Gasteiger partial charge in [-0.1, -0.05) is 65.2 Å². The second-order valence-electron chi connectivity index (χ2n) is 5.81. The van der Waals surface area contributed by atoms with Crippen LogP contribution in [0.2, 0.25) is 0 Å². The first kappa shape index (κ1) is 19.4. The lowest BCUT2D eigenvalue weighted by atomic mass is 10.1. The molecule has 0 saturated carbocycles. The van der Waals surface area contributed by atoms with E-state index >= 15 is 0 Å². The van der Waals surface area contributed by atoms with E-state index in [1.807, 2.05) is 0 Å². The maximum atomic E-state index is 10.7. The molecule has 0 spiro atoms. The van der Waals surface area contributed by atoms with E-state index in [-0.39, 0.29) is 6.42 Å². The van der Waals surface area contributed by atoms with Crippen LogP contribution in [0.4, 0.5) is 0 Å². The molecule has 120 valence electrons. The Morgan fingerprint density at radius 2 is 1.20 bits per heavy atom. The molecule has 0 aromatic carbocycles. The minimum Gasteiger partial charge on any atom is -0.481 e. The lowest BCUT2D eigenvalue weighted by molar-refractivity contribution is -0.137. The SMILES string of the molecule is CCCCCCCCCN(CCCCC)CCC(=O)O. The van der Waals surface area contributed by atoms with E-state index in [1.165, 1.54) is 64.2 Å². The molecule has 0 aliphatic rings. The molecule has 0 radical (unpaired) electrons. The summed E-state index contributed by atoms with van der Waals surface area (Å²) in [5.74, 6) is -0.676. The Morgan fingerprint density at radius 1 is 0.750 bits per heavy atom. The first-order chi connectivity index (χ1) is 9.70. The molecule has 1 N–H and O–H groups in total. The van der Waals surface area contributed by atoms with Gasteiger partial charge in [-0.3, -0.25) is 4.79 Å². The van der Waals surface area contributed by atoms with E-state index < -0.39 is 5.97 Å². The Balaban J connectivity index is 3.64. The Bertz CT molecular complexity index is 219. The monoisotopic (exact) mass is 285 g/mol. The van der Waals surface area contributed by atoms with Crippen LogP contribution in [-0.2, 0) is 4.79 Å². The van der Waals surface area contributed by atoms with Gasteiger partial charge >= 0.3 is 5.97 Å². The van der Waals surface area contributed by atoms with E-state index in [1.54, 1.807) is 0 Å². The highest BCUT2D eigenvalue weighted by atomic mass is 16.4. The first-order valence-corrected chi connectivity index (χ1v) is 8.64. The minimum atomic E-state index is -0.676. The third-order valence-electron chi connectivity index (χ3n) is 3.80. The van der Waals surface area contributed by atoms with Crippen molar-refractivity contribution in [1.29, 1.82) is 0 Å². The average Bonchev–Trinajstić information content (AvgIpc) is 2.43. The van der Waals surface area contributed by atoms with Crippen LogP contribution in [0.25, 0.3) is 0 Å². The van der Waals surface area contributed by atoms with E-state index in [0.29, 0.717) is 0 Å². The van der Waals surface area contributed by atoms with Crippen LogP contribution in [0.3, 0.4) is 0 Å². The maximum absolute atomic E-state index is 10.7. The lowest BCUT2D eigenvalue weighted by Crippen LogP contribution is -2.28. The molecule has 0 aromatic rings. The van der Waals surface area contributed by atoms with Crippen LogP contribution in [0.15, 0.2) is 0 Å². The third-order valence-corrected chi connectivity index (χ3v) is 3.80. The molecule has 3 nitrogen and oxygen atoms in total. The van der Waals surface area contributed by atoms with Gasteiger partial charge in [-0.05, 0) is 25.9 Å². The van der Waals surface area contributed by atoms with Crippen molar-refractivity contribution in [2.45, 2.75) is 84.5 Å². The van der Waals surface area contributed by atoms with Crippen LogP contribution >= 0.6 is 0 Å². The number of hydrogen-bond acceptors (Lipinski definition) is 2. The summed E-state index contributed by atoms with van der Waals surface area (Å²) in [6, 6.07) is 0. The molecule has 0 heterocycles. The van der Waals surface area contributed by atoms with Gasteiger partial charge in [-0.25, -0.2) is 0 Å². The van der Waals surface area contributed by atoms with Gasteiger partial charge < -0.3 is 10.0 Å². The van der Waals surface area contributed by atoms with Crippen molar-refractivity contribution < 1.29 is 9.90 Å². The fourth-order valence-electron chi connectivity index (χ4n) is 2.47. The maximum Gasteiger partial charge on any atom is 0.304 e. The van der Waals surface area contributed by atoms with Gasteiger partial charge in [-0.15, -0.1) is 0 Å². The number of hydrogen-bond donors (Lipinski definition) is 1. The van der Waals surface area contributed by atoms with Crippen molar-refractivity contribution in [1.82, 2.24) is 4.90 Å². The molecule has 0 rings (SSSR count). The number of carboxylic acid groups (broad SMARTS) is 1. The number of carboxylic acids is 1. The zero-order valence-electron chi connectivity index (χ0n) is 13.7. The Hall–Kier alpha value is -0.570. The number of aliphatic carboxylic acids is 1. The smallest absolute Gasteiger partial charge is 0.304 e. The van der Waals surface area contributed by atoms with Gasteiger partial charge in [0.25, 0.3) is 0 Å². The number of nitrogens with zero attached hydrogens (tertiary/aromatic N) is 1. The van der Waals surface area contributed by atoms with Crippen molar-refractivity contribution in [2.24, 2.45) is 0 Å². The quantitative estimate of drug-likeness (QED) is 0.443. The molecule has 0 fully saturated rings. The summed E-state index contributed by atoms with van der Waals surface area (Å²) in [5.41, 5.74) is 0. The van der Waals surface area contributed by atoms with E-state index in [0.717, 1.165) is 19.6 Å². The van der Waals surface area contributed by atoms with Gasteiger partial charge in [0.2, 0.25) is 0 Å². The highest BCUT2D eigenvalue weighted by Gasteiger charge is 2.06.